The second kappa shape index (κ2) is 6.43. The van der Waals surface area contributed by atoms with Gasteiger partial charge in [0.2, 0.25) is 6.41 Å². The van der Waals surface area contributed by atoms with Gasteiger partial charge in [-0.15, -0.1) is 0 Å². The molecule has 0 aromatic heterocycles. The van der Waals surface area contributed by atoms with Gasteiger partial charge in [0.25, 0.3) is 0 Å². The summed E-state index contributed by atoms with van der Waals surface area (Å²) in [5, 5.41) is 1.91. The molecule has 1 aromatic rings. The maximum absolute atomic E-state index is 11.1. The van der Waals surface area contributed by atoms with E-state index < -0.39 is 0 Å². The minimum atomic E-state index is 0.625. The summed E-state index contributed by atoms with van der Waals surface area (Å²) in [7, 11) is 4.00. The minimum Gasteiger partial charge on any atom is -0.340 e. The Morgan fingerprint density at radius 3 is 2.58 bits per heavy atom. The number of fused-ring (bicyclic) bond motifs is 1. The number of amides is 1. The average Bonchev–Trinajstić information content (AvgIpc) is 2.43. The van der Waals surface area contributed by atoms with Crippen LogP contribution in [0.2, 0.25) is 0 Å². The maximum Gasteiger partial charge on any atom is 0.210 e. The van der Waals surface area contributed by atoms with E-state index in [1.807, 2.05) is 32.3 Å². The van der Waals surface area contributed by atoms with E-state index in [1.54, 1.807) is 4.90 Å². The van der Waals surface area contributed by atoms with Crippen LogP contribution in [0.1, 0.15) is 5.56 Å². The van der Waals surface area contributed by atoms with Gasteiger partial charge < -0.3 is 9.80 Å². The Bertz CT molecular complexity index is 553. The molecule has 102 valence electrons. The smallest absolute Gasteiger partial charge is 0.210 e. The SMILES string of the molecule is CN(C)CCN(C=O)Cc1ccc2c(c1)=NCCN=2. The van der Waals surface area contributed by atoms with Gasteiger partial charge in [0.15, 0.2) is 0 Å². The molecule has 0 unspecified atom stereocenters. The van der Waals surface area contributed by atoms with Crippen molar-refractivity contribution in [3.05, 3.63) is 34.5 Å². The van der Waals surface area contributed by atoms with Gasteiger partial charge in [0.1, 0.15) is 0 Å². The van der Waals surface area contributed by atoms with Crippen molar-refractivity contribution in [2.24, 2.45) is 9.98 Å². The van der Waals surface area contributed by atoms with E-state index in [2.05, 4.69) is 14.9 Å². The highest BCUT2D eigenvalue weighted by molar-refractivity contribution is 5.47. The molecule has 0 N–H and O–H groups in total. The Morgan fingerprint density at radius 1 is 1.16 bits per heavy atom. The van der Waals surface area contributed by atoms with Crippen LogP contribution in [-0.2, 0) is 11.3 Å². The van der Waals surface area contributed by atoms with Crippen LogP contribution in [0.25, 0.3) is 0 Å². The normalized spacial score (nSPS) is 13.4. The molecule has 0 spiro atoms. The summed E-state index contributed by atoms with van der Waals surface area (Å²) in [4.78, 5) is 23.8. The Balaban J connectivity index is 2.08. The van der Waals surface area contributed by atoms with E-state index in [4.69, 9.17) is 0 Å². The Kier molecular flexibility index (Phi) is 4.63. The summed E-state index contributed by atoms with van der Waals surface area (Å²) in [5.74, 6) is 0. The molecule has 0 saturated heterocycles. The number of nitrogens with zero attached hydrogens (tertiary/aromatic N) is 4. The fraction of sp³-hybridized carbons (Fsp3) is 0.500. The Labute approximate surface area is 113 Å². The zero-order chi connectivity index (χ0) is 13.7. The fourth-order valence-corrected chi connectivity index (χ4v) is 2.00. The zero-order valence-corrected chi connectivity index (χ0v) is 11.5. The summed E-state index contributed by atoms with van der Waals surface area (Å²) in [6.07, 6.45) is 0.907. The Morgan fingerprint density at radius 2 is 1.89 bits per heavy atom. The molecule has 1 aromatic carbocycles. The lowest BCUT2D eigenvalue weighted by atomic mass is 10.2. The molecule has 0 fully saturated rings. The molecule has 1 aliphatic rings. The molecule has 5 nitrogen and oxygen atoms in total. The van der Waals surface area contributed by atoms with E-state index in [0.717, 1.165) is 48.9 Å². The molecule has 2 rings (SSSR count). The molecule has 0 bridgehead atoms. The molecule has 1 amide bonds. The van der Waals surface area contributed by atoms with Crippen molar-refractivity contribution in [2.45, 2.75) is 6.54 Å². The largest absolute Gasteiger partial charge is 0.340 e. The predicted octanol–water partition coefficient (Wildman–Crippen LogP) is -0.541. The predicted molar refractivity (Wildman–Crippen MR) is 73.5 cm³/mol. The lowest BCUT2D eigenvalue weighted by Gasteiger charge is -2.19. The van der Waals surface area contributed by atoms with Gasteiger partial charge in [0.05, 0.1) is 23.8 Å². The third-order valence-corrected chi connectivity index (χ3v) is 3.07. The summed E-state index contributed by atoms with van der Waals surface area (Å²) in [5.41, 5.74) is 1.10. The summed E-state index contributed by atoms with van der Waals surface area (Å²) >= 11 is 0. The highest BCUT2D eigenvalue weighted by Crippen LogP contribution is 1.99. The average molecular weight is 260 g/mol. The van der Waals surface area contributed by atoms with Crippen molar-refractivity contribution < 1.29 is 4.79 Å². The van der Waals surface area contributed by atoms with Crippen LogP contribution >= 0.6 is 0 Å². The van der Waals surface area contributed by atoms with Crippen molar-refractivity contribution >= 4 is 6.41 Å². The maximum atomic E-state index is 11.1. The topological polar surface area (TPSA) is 48.3 Å². The minimum absolute atomic E-state index is 0.625. The molecular weight excluding hydrogens is 240 g/mol. The summed E-state index contributed by atoms with van der Waals surface area (Å²) in [6, 6.07) is 6.04. The molecule has 0 radical (unpaired) electrons. The van der Waals surface area contributed by atoms with Gasteiger partial charge >= 0.3 is 0 Å². The van der Waals surface area contributed by atoms with Crippen LogP contribution in [0.4, 0.5) is 0 Å². The first-order valence-electron chi connectivity index (χ1n) is 6.51. The third-order valence-electron chi connectivity index (χ3n) is 3.07. The van der Waals surface area contributed by atoms with Crippen LogP contribution in [0.5, 0.6) is 0 Å². The van der Waals surface area contributed by atoms with Gasteiger partial charge in [-0.2, -0.15) is 0 Å². The number of likely N-dealkylation sites (N-methyl/N-ethyl adjacent to an activating group) is 1. The molecular formula is C14H20N4O. The zero-order valence-electron chi connectivity index (χ0n) is 11.5. The molecule has 0 saturated carbocycles. The highest BCUT2D eigenvalue weighted by atomic mass is 16.1. The van der Waals surface area contributed by atoms with Crippen LogP contribution < -0.4 is 10.7 Å². The van der Waals surface area contributed by atoms with Crippen molar-refractivity contribution in [2.75, 3.05) is 40.3 Å². The standard InChI is InChI=1S/C14H20N4O/c1-17(2)7-8-18(11-19)10-12-3-4-13-14(9-12)16-6-5-15-13/h3-4,9,11H,5-8,10H2,1-2H3. The Hall–Kier alpha value is -1.75. The van der Waals surface area contributed by atoms with E-state index in [1.165, 1.54) is 0 Å². The lowest BCUT2D eigenvalue weighted by molar-refractivity contribution is -0.118. The van der Waals surface area contributed by atoms with Crippen LogP contribution in [-0.4, -0.2) is 56.5 Å². The second-order valence-corrected chi connectivity index (χ2v) is 4.97. The fourth-order valence-electron chi connectivity index (χ4n) is 2.00. The van der Waals surface area contributed by atoms with Crippen molar-refractivity contribution in [3.8, 4) is 0 Å². The van der Waals surface area contributed by atoms with Crippen LogP contribution in [0.15, 0.2) is 28.2 Å². The quantitative estimate of drug-likeness (QED) is 0.645. The van der Waals surface area contributed by atoms with Crippen LogP contribution in [0, 0.1) is 0 Å². The second-order valence-electron chi connectivity index (χ2n) is 4.97. The van der Waals surface area contributed by atoms with Gasteiger partial charge in [-0.25, -0.2) is 0 Å². The van der Waals surface area contributed by atoms with E-state index >= 15 is 0 Å². The van der Waals surface area contributed by atoms with Gasteiger partial charge in [0, 0.05) is 19.6 Å². The molecule has 5 heteroatoms. The van der Waals surface area contributed by atoms with Gasteiger partial charge in [-0.1, -0.05) is 6.07 Å². The molecule has 1 heterocycles. The number of benzene rings is 1. The van der Waals surface area contributed by atoms with Crippen LogP contribution in [0.3, 0.4) is 0 Å². The van der Waals surface area contributed by atoms with Crippen molar-refractivity contribution in [1.29, 1.82) is 0 Å². The molecule has 0 aliphatic carbocycles. The lowest BCUT2D eigenvalue weighted by Crippen LogP contribution is -2.33. The van der Waals surface area contributed by atoms with E-state index in [0.29, 0.717) is 6.54 Å². The van der Waals surface area contributed by atoms with Gasteiger partial charge in [-0.05, 0) is 31.8 Å². The third kappa shape index (κ3) is 3.86. The van der Waals surface area contributed by atoms with Crippen molar-refractivity contribution in [3.63, 3.8) is 0 Å². The first-order chi connectivity index (χ1) is 9.19. The monoisotopic (exact) mass is 260 g/mol. The first-order valence-corrected chi connectivity index (χ1v) is 6.51. The number of carbonyl (C=O) groups is 1. The highest BCUT2D eigenvalue weighted by Gasteiger charge is 2.05. The summed E-state index contributed by atoms with van der Waals surface area (Å²) < 4.78 is 0. The summed E-state index contributed by atoms with van der Waals surface area (Å²) in [6.45, 7) is 3.75. The first kappa shape index (κ1) is 13.7. The number of hydrogen-bond donors (Lipinski definition) is 0. The van der Waals surface area contributed by atoms with Gasteiger partial charge in [-0.3, -0.25) is 14.8 Å². The van der Waals surface area contributed by atoms with E-state index in [9.17, 15) is 4.79 Å². The molecule has 0 atom stereocenters. The van der Waals surface area contributed by atoms with E-state index in [-0.39, 0.29) is 0 Å². The number of carbonyl (C=O) groups excluding carboxylic acids is 1. The molecule has 19 heavy (non-hydrogen) atoms. The van der Waals surface area contributed by atoms with Crippen molar-refractivity contribution in [1.82, 2.24) is 9.80 Å². The number of rotatable bonds is 6. The number of hydrogen-bond acceptors (Lipinski definition) is 4. The molecule has 1 aliphatic heterocycles.